The Labute approximate surface area is 189 Å². The molecule has 0 spiro atoms. The number of ether oxygens (including phenoxy) is 2. The molecule has 1 aromatic carbocycles. The fourth-order valence-electron chi connectivity index (χ4n) is 4.36. The highest BCUT2D eigenvalue weighted by atomic mass is 19.1. The summed E-state index contributed by atoms with van der Waals surface area (Å²) in [5, 5.41) is 14.6. The van der Waals surface area contributed by atoms with Gasteiger partial charge in [0.15, 0.2) is 23.1 Å². The zero-order valence-corrected chi connectivity index (χ0v) is 18.7. The summed E-state index contributed by atoms with van der Waals surface area (Å²) in [6, 6.07) is 1.21. The maximum absolute atomic E-state index is 15.0. The number of aromatic nitrogens is 4. The molecule has 2 N–H and O–H groups in total. The van der Waals surface area contributed by atoms with E-state index in [9.17, 15) is 4.79 Å². The normalized spacial score (nSPS) is 15.1. The number of carbonyl (C=O) groups is 1. The van der Waals surface area contributed by atoms with Gasteiger partial charge in [-0.3, -0.25) is 14.6 Å². The molecule has 0 saturated carbocycles. The smallest absolute Gasteiger partial charge is 0.247 e. The minimum absolute atomic E-state index is 0.0504. The maximum Gasteiger partial charge on any atom is 0.247 e. The zero-order chi connectivity index (χ0) is 23.7. The number of fused-ring (bicyclic) bond motifs is 1. The van der Waals surface area contributed by atoms with Crippen LogP contribution in [0.1, 0.15) is 36.1 Å². The number of nitrogens with one attached hydrogen (secondary N) is 2. The average Bonchev–Trinajstić information content (AvgIpc) is 3.42. The zero-order valence-electron chi connectivity index (χ0n) is 18.7. The van der Waals surface area contributed by atoms with Crippen LogP contribution in [0.15, 0.2) is 24.9 Å². The largest absolute Gasteiger partial charge is 0.494 e. The Morgan fingerprint density at radius 1 is 1.33 bits per heavy atom. The first kappa shape index (κ1) is 22.5. The summed E-state index contributed by atoms with van der Waals surface area (Å²) in [4.78, 5) is 11.9. The summed E-state index contributed by atoms with van der Waals surface area (Å²) in [5.41, 5.74) is 3.52. The van der Waals surface area contributed by atoms with E-state index in [0.29, 0.717) is 42.9 Å². The Bertz CT molecular complexity index is 1190. The van der Waals surface area contributed by atoms with E-state index in [1.807, 2.05) is 6.92 Å². The number of aryl methyl sites for hydroxylation is 1. The van der Waals surface area contributed by atoms with Crippen LogP contribution in [0.3, 0.4) is 0 Å². The minimum Gasteiger partial charge on any atom is -0.494 e. The number of aromatic amines is 1. The Balaban J connectivity index is 1.72. The van der Waals surface area contributed by atoms with E-state index in [1.54, 1.807) is 10.9 Å². The first-order valence-electron chi connectivity index (χ1n) is 10.6. The van der Waals surface area contributed by atoms with Crippen molar-refractivity contribution in [2.24, 2.45) is 0 Å². The van der Waals surface area contributed by atoms with Crippen molar-refractivity contribution in [3.05, 3.63) is 53.4 Å². The average molecular weight is 457 g/mol. The van der Waals surface area contributed by atoms with E-state index in [4.69, 9.17) is 9.47 Å². The molecule has 1 aliphatic rings. The fourth-order valence-corrected chi connectivity index (χ4v) is 4.36. The third-order valence-corrected chi connectivity index (χ3v) is 5.97. The lowest BCUT2D eigenvalue weighted by Gasteiger charge is -2.25. The molecule has 8 nitrogen and oxygen atoms in total. The summed E-state index contributed by atoms with van der Waals surface area (Å²) >= 11 is 0. The molecule has 2 aromatic heterocycles. The number of carbonyl (C=O) groups excluding carboxylic acids is 1. The van der Waals surface area contributed by atoms with Gasteiger partial charge in [0.1, 0.15) is 11.4 Å². The van der Waals surface area contributed by atoms with Crippen molar-refractivity contribution in [1.29, 1.82) is 0 Å². The maximum atomic E-state index is 15.0. The molecule has 10 heteroatoms. The predicted molar refractivity (Wildman–Crippen MR) is 119 cm³/mol. The number of benzene rings is 1. The van der Waals surface area contributed by atoms with Crippen LogP contribution in [0.4, 0.5) is 14.5 Å². The number of nitrogens with zero attached hydrogens (tertiary/aromatic N) is 3. The molecule has 0 aliphatic heterocycles. The fraction of sp³-hybridized carbons (Fsp3) is 0.348. The summed E-state index contributed by atoms with van der Waals surface area (Å²) in [6.45, 7) is 5.99. The summed E-state index contributed by atoms with van der Waals surface area (Å²) < 4.78 is 42.0. The third kappa shape index (κ3) is 3.85. The molecule has 0 fully saturated rings. The summed E-state index contributed by atoms with van der Waals surface area (Å²) in [5.74, 6) is -2.34. The van der Waals surface area contributed by atoms with E-state index in [0.717, 1.165) is 11.3 Å². The number of rotatable bonds is 7. The monoisotopic (exact) mass is 457 g/mol. The number of hydrogen-bond acceptors (Lipinski definition) is 5. The van der Waals surface area contributed by atoms with Crippen LogP contribution >= 0.6 is 0 Å². The molecular weight excluding hydrogens is 432 g/mol. The number of methoxy groups -OCH3 is 2. The second kappa shape index (κ2) is 9.05. The van der Waals surface area contributed by atoms with Gasteiger partial charge in [-0.1, -0.05) is 6.58 Å². The van der Waals surface area contributed by atoms with Gasteiger partial charge in [-0.05, 0) is 38.2 Å². The highest BCUT2D eigenvalue weighted by Gasteiger charge is 2.33. The van der Waals surface area contributed by atoms with Crippen molar-refractivity contribution in [3.8, 4) is 22.9 Å². The second-order valence-electron chi connectivity index (χ2n) is 7.71. The molecule has 4 rings (SSSR count). The van der Waals surface area contributed by atoms with Crippen LogP contribution in [-0.2, 0) is 24.2 Å². The Morgan fingerprint density at radius 2 is 2.03 bits per heavy atom. The van der Waals surface area contributed by atoms with Crippen molar-refractivity contribution in [1.82, 2.24) is 20.0 Å². The Hall–Kier alpha value is -3.69. The molecule has 1 aliphatic carbocycles. The van der Waals surface area contributed by atoms with Crippen LogP contribution in [-0.4, -0.2) is 40.1 Å². The highest BCUT2D eigenvalue weighted by molar-refractivity contribution is 6.01. The molecule has 1 amide bonds. The molecule has 1 atom stereocenters. The van der Waals surface area contributed by atoms with Crippen molar-refractivity contribution in [3.63, 3.8) is 0 Å². The van der Waals surface area contributed by atoms with Crippen LogP contribution in [0.5, 0.6) is 11.5 Å². The van der Waals surface area contributed by atoms with E-state index in [1.165, 1.54) is 26.4 Å². The topological polar surface area (TPSA) is 94.1 Å². The Kier molecular flexibility index (Phi) is 6.17. The number of hydrogen-bond donors (Lipinski definition) is 2. The Morgan fingerprint density at radius 3 is 2.64 bits per heavy atom. The number of amides is 1. The highest BCUT2D eigenvalue weighted by Crippen LogP contribution is 2.42. The van der Waals surface area contributed by atoms with Crippen molar-refractivity contribution < 1.29 is 23.0 Å². The van der Waals surface area contributed by atoms with E-state index in [-0.39, 0.29) is 23.0 Å². The summed E-state index contributed by atoms with van der Waals surface area (Å²) in [7, 11) is 2.67. The van der Waals surface area contributed by atoms with Crippen LogP contribution in [0.25, 0.3) is 11.4 Å². The molecule has 33 heavy (non-hydrogen) atoms. The molecule has 174 valence electrons. The quantitative estimate of drug-likeness (QED) is 0.524. The van der Waals surface area contributed by atoms with Gasteiger partial charge in [0.2, 0.25) is 5.91 Å². The molecule has 0 bridgehead atoms. The predicted octanol–water partition coefficient (Wildman–Crippen LogP) is 3.99. The van der Waals surface area contributed by atoms with Gasteiger partial charge in [-0.25, -0.2) is 8.78 Å². The van der Waals surface area contributed by atoms with Gasteiger partial charge >= 0.3 is 0 Å². The minimum atomic E-state index is -0.720. The summed E-state index contributed by atoms with van der Waals surface area (Å²) in [6.07, 6.45) is 4.15. The standard InChI is InChI=1S/C23H25F2N5O3/c1-5-18(31)27-15-11-26-30(6-2)23(15)22-13-8-7-12(9-14(13)28-29-22)19-20(24)16(32-3)10-17(33-4)21(19)25/h5,10-12H,1,6-9H2,2-4H3,(H,27,31)(H,28,29). The van der Waals surface area contributed by atoms with Crippen molar-refractivity contribution >= 4 is 11.6 Å². The number of halogens is 2. The molecule has 2 heterocycles. The third-order valence-electron chi connectivity index (χ3n) is 5.97. The SMILES string of the molecule is C=CC(=O)Nc1cnn(CC)c1-c1n[nH]c2c1CCC(c1c(F)c(OC)cc(OC)c1F)C2. The first-order chi connectivity index (χ1) is 15.9. The van der Waals surface area contributed by atoms with Gasteiger partial charge in [0, 0.05) is 29.4 Å². The first-order valence-corrected chi connectivity index (χ1v) is 10.6. The lowest BCUT2D eigenvalue weighted by molar-refractivity contribution is -0.111. The van der Waals surface area contributed by atoms with E-state index in [2.05, 4.69) is 27.2 Å². The lowest BCUT2D eigenvalue weighted by atomic mass is 9.81. The van der Waals surface area contributed by atoms with E-state index < -0.39 is 17.6 Å². The van der Waals surface area contributed by atoms with Crippen LogP contribution in [0, 0.1) is 11.6 Å². The van der Waals surface area contributed by atoms with Gasteiger partial charge < -0.3 is 14.8 Å². The van der Waals surface area contributed by atoms with Crippen LogP contribution < -0.4 is 14.8 Å². The molecule has 1 unspecified atom stereocenters. The molecule has 0 saturated heterocycles. The molecule has 3 aromatic rings. The number of anilines is 1. The van der Waals surface area contributed by atoms with Crippen molar-refractivity contribution in [2.45, 2.75) is 38.6 Å². The molecule has 0 radical (unpaired) electrons. The number of H-pyrrole nitrogens is 1. The molecular formula is C23H25F2N5O3. The van der Waals surface area contributed by atoms with Crippen LogP contribution in [0.2, 0.25) is 0 Å². The lowest BCUT2D eigenvalue weighted by Crippen LogP contribution is -2.17. The van der Waals surface area contributed by atoms with Crippen molar-refractivity contribution in [2.75, 3.05) is 19.5 Å². The van der Waals surface area contributed by atoms with E-state index >= 15 is 8.78 Å². The van der Waals surface area contributed by atoms with Gasteiger partial charge in [0.05, 0.1) is 26.1 Å². The van der Waals surface area contributed by atoms with Gasteiger partial charge in [-0.2, -0.15) is 10.2 Å². The van der Waals surface area contributed by atoms with Gasteiger partial charge in [-0.15, -0.1) is 0 Å². The second-order valence-corrected chi connectivity index (χ2v) is 7.71. The van der Waals surface area contributed by atoms with Gasteiger partial charge in [0.25, 0.3) is 0 Å².